The molecule has 6 nitrogen and oxygen atoms in total. The third-order valence-electron chi connectivity index (χ3n) is 3.88. The van der Waals surface area contributed by atoms with E-state index in [2.05, 4.69) is 5.32 Å². The molecule has 0 radical (unpaired) electrons. The molecular formula is C19H23ClN2O4S. The van der Waals surface area contributed by atoms with Crippen LogP contribution in [0.2, 0.25) is 5.02 Å². The second kappa shape index (κ2) is 9.10. The Balaban J connectivity index is 1.95. The van der Waals surface area contributed by atoms with Gasteiger partial charge in [-0.05, 0) is 49.2 Å². The van der Waals surface area contributed by atoms with Gasteiger partial charge in [0.2, 0.25) is 15.9 Å². The molecule has 0 aliphatic carbocycles. The lowest BCUT2D eigenvalue weighted by molar-refractivity contribution is -0.119. The van der Waals surface area contributed by atoms with Crippen LogP contribution in [-0.2, 0) is 14.8 Å². The first-order valence-electron chi connectivity index (χ1n) is 8.37. The molecule has 0 aliphatic rings. The van der Waals surface area contributed by atoms with Crippen molar-refractivity contribution in [2.24, 2.45) is 0 Å². The third kappa shape index (κ3) is 6.15. The molecule has 1 amide bonds. The summed E-state index contributed by atoms with van der Waals surface area (Å²) >= 11 is 6.08. The van der Waals surface area contributed by atoms with Crippen LogP contribution in [-0.4, -0.2) is 40.3 Å². The number of hydrogen-bond acceptors (Lipinski definition) is 4. The zero-order valence-electron chi connectivity index (χ0n) is 15.5. The number of ether oxygens (including phenoxy) is 1. The lowest BCUT2D eigenvalue weighted by Gasteiger charge is -2.24. The van der Waals surface area contributed by atoms with Crippen LogP contribution in [0.4, 0.5) is 5.69 Å². The fraction of sp³-hybridized carbons (Fsp3) is 0.316. The average molecular weight is 411 g/mol. The number of halogens is 1. The Hall–Kier alpha value is -2.25. The highest BCUT2D eigenvalue weighted by molar-refractivity contribution is 7.92. The van der Waals surface area contributed by atoms with E-state index in [9.17, 15) is 13.2 Å². The fourth-order valence-electron chi connectivity index (χ4n) is 2.50. The van der Waals surface area contributed by atoms with Crippen LogP contribution in [0.1, 0.15) is 11.1 Å². The number of carbonyl (C=O) groups is 1. The van der Waals surface area contributed by atoms with Gasteiger partial charge in [0.25, 0.3) is 0 Å². The van der Waals surface area contributed by atoms with Crippen LogP contribution in [0.15, 0.2) is 42.5 Å². The van der Waals surface area contributed by atoms with E-state index in [4.69, 9.17) is 16.3 Å². The van der Waals surface area contributed by atoms with Gasteiger partial charge in [0, 0.05) is 5.02 Å². The summed E-state index contributed by atoms with van der Waals surface area (Å²) in [6.45, 7) is 3.89. The van der Waals surface area contributed by atoms with Gasteiger partial charge in [-0.3, -0.25) is 9.10 Å². The standard InChI is InChI=1S/C19H23ClN2O4S/c1-14-6-4-7-16(12-14)26-11-10-21-19(23)13-22(27(3,24)25)18-9-5-8-17(20)15(18)2/h4-9,12H,10-11,13H2,1-3H3,(H,21,23). The Morgan fingerprint density at radius 2 is 1.89 bits per heavy atom. The van der Waals surface area contributed by atoms with Gasteiger partial charge < -0.3 is 10.1 Å². The van der Waals surface area contributed by atoms with Crippen LogP contribution in [0.25, 0.3) is 0 Å². The van der Waals surface area contributed by atoms with Crippen LogP contribution < -0.4 is 14.4 Å². The molecule has 146 valence electrons. The predicted octanol–water partition coefficient (Wildman–Crippen LogP) is 2.92. The molecule has 0 saturated carbocycles. The average Bonchev–Trinajstić information content (AvgIpc) is 2.58. The van der Waals surface area contributed by atoms with Crippen LogP contribution in [0, 0.1) is 13.8 Å². The van der Waals surface area contributed by atoms with Gasteiger partial charge in [-0.25, -0.2) is 8.42 Å². The Morgan fingerprint density at radius 1 is 1.19 bits per heavy atom. The number of benzene rings is 2. The highest BCUT2D eigenvalue weighted by atomic mass is 35.5. The molecule has 1 N–H and O–H groups in total. The first kappa shape index (κ1) is 21.1. The topological polar surface area (TPSA) is 75.7 Å². The molecule has 0 spiro atoms. The largest absolute Gasteiger partial charge is 0.492 e. The highest BCUT2D eigenvalue weighted by Crippen LogP contribution is 2.27. The number of aryl methyl sites for hydroxylation is 1. The number of nitrogens with zero attached hydrogens (tertiary/aromatic N) is 1. The van der Waals surface area contributed by atoms with Crippen molar-refractivity contribution in [3.63, 3.8) is 0 Å². The van der Waals surface area contributed by atoms with Gasteiger partial charge >= 0.3 is 0 Å². The quantitative estimate of drug-likeness (QED) is 0.679. The van der Waals surface area contributed by atoms with Crippen molar-refractivity contribution in [1.82, 2.24) is 5.32 Å². The first-order valence-corrected chi connectivity index (χ1v) is 10.6. The molecule has 27 heavy (non-hydrogen) atoms. The minimum absolute atomic E-state index is 0.263. The number of anilines is 1. The van der Waals surface area contributed by atoms with Crippen LogP contribution in [0.3, 0.4) is 0 Å². The second-order valence-electron chi connectivity index (χ2n) is 6.17. The third-order valence-corrected chi connectivity index (χ3v) is 5.41. The maximum absolute atomic E-state index is 12.2. The minimum Gasteiger partial charge on any atom is -0.492 e. The molecule has 2 aromatic rings. The van der Waals surface area contributed by atoms with Gasteiger partial charge in [0.05, 0.1) is 18.5 Å². The fourth-order valence-corrected chi connectivity index (χ4v) is 3.57. The molecule has 2 rings (SSSR count). The van der Waals surface area contributed by atoms with Crippen molar-refractivity contribution < 1.29 is 17.9 Å². The number of hydrogen-bond donors (Lipinski definition) is 1. The van der Waals surface area contributed by atoms with E-state index in [0.717, 1.165) is 21.9 Å². The van der Waals surface area contributed by atoms with E-state index < -0.39 is 15.9 Å². The van der Waals surface area contributed by atoms with E-state index >= 15 is 0 Å². The second-order valence-corrected chi connectivity index (χ2v) is 8.48. The van der Waals surface area contributed by atoms with Gasteiger partial charge in [-0.2, -0.15) is 0 Å². The van der Waals surface area contributed by atoms with E-state index in [0.29, 0.717) is 16.3 Å². The zero-order valence-corrected chi connectivity index (χ0v) is 17.1. The monoisotopic (exact) mass is 410 g/mol. The molecule has 0 saturated heterocycles. The molecule has 0 atom stereocenters. The molecule has 0 heterocycles. The maximum Gasteiger partial charge on any atom is 0.240 e. The van der Waals surface area contributed by atoms with Crippen molar-refractivity contribution in [2.45, 2.75) is 13.8 Å². The summed E-state index contributed by atoms with van der Waals surface area (Å²) in [5.74, 6) is 0.296. The summed E-state index contributed by atoms with van der Waals surface area (Å²) in [5, 5.41) is 3.11. The first-order chi connectivity index (χ1) is 12.7. The lowest BCUT2D eigenvalue weighted by Crippen LogP contribution is -2.41. The Bertz CT molecular complexity index is 916. The van der Waals surface area contributed by atoms with Crippen molar-refractivity contribution >= 4 is 33.2 Å². The minimum atomic E-state index is -3.65. The summed E-state index contributed by atoms with van der Waals surface area (Å²) in [4.78, 5) is 12.2. The highest BCUT2D eigenvalue weighted by Gasteiger charge is 2.22. The summed E-state index contributed by atoms with van der Waals surface area (Å²) in [6, 6.07) is 12.5. The number of carbonyl (C=O) groups excluding carboxylic acids is 1. The molecule has 0 fully saturated rings. The smallest absolute Gasteiger partial charge is 0.240 e. The normalized spacial score (nSPS) is 11.1. The number of nitrogens with one attached hydrogen (secondary N) is 1. The van der Waals surface area contributed by atoms with Gasteiger partial charge in [0.1, 0.15) is 18.9 Å². The Kier molecular flexibility index (Phi) is 7.10. The summed E-state index contributed by atoms with van der Waals surface area (Å²) in [6.07, 6.45) is 1.06. The van der Waals surface area contributed by atoms with Crippen molar-refractivity contribution in [1.29, 1.82) is 0 Å². The molecule has 0 aromatic heterocycles. The van der Waals surface area contributed by atoms with E-state index in [1.807, 2.05) is 31.2 Å². The SMILES string of the molecule is Cc1cccc(OCCNC(=O)CN(c2cccc(Cl)c2C)S(C)(=O)=O)c1. The van der Waals surface area contributed by atoms with Crippen molar-refractivity contribution in [3.05, 3.63) is 58.6 Å². The van der Waals surface area contributed by atoms with E-state index in [1.165, 1.54) is 0 Å². The van der Waals surface area contributed by atoms with Gasteiger partial charge in [0.15, 0.2) is 0 Å². The van der Waals surface area contributed by atoms with Gasteiger partial charge in [-0.15, -0.1) is 0 Å². The molecular weight excluding hydrogens is 388 g/mol. The summed E-state index contributed by atoms with van der Waals surface area (Å²) in [7, 11) is -3.65. The number of rotatable bonds is 8. The lowest BCUT2D eigenvalue weighted by atomic mass is 10.2. The molecule has 0 unspecified atom stereocenters. The molecule has 0 aliphatic heterocycles. The maximum atomic E-state index is 12.2. The van der Waals surface area contributed by atoms with Crippen LogP contribution in [0.5, 0.6) is 5.75 Å². The molecule has 8 heteroatoms. The number of amides is 1. The zero-order chi connectivity index (χ0) is 20.0. The predicted molar refractivity (Wildman–Crippen MR) is 108 cm³/mol. The number of sulfonamides is 1. The molecule has 2 aromatic carbocycles. The Labute approximate surface area is 165 Å². The summed E-state index contributed by atoms with van der Waals surface area (Å²) < 4.78 is 30.9. The van der Waals surface area contributed by atoms with Crippen LogP contribution >= 0.6 is 11.6 Å². The van der Waals surface area contributed by atoms with E-state index in [1.54, 1.807) is 25.1 Å². The summed E-state index contributed by atoms with van der Waals surface area (Å²) in [5.41, 5.74) is 2.06. The van der Waals surface area contributed by atoms with Crippen molar-refractivity contribution in [2.75, 3.05) is 30.3 Å². The van der Waals surface area contributed by atoms with Gasteiger partial charge in [-0.1, -0.05) is 29.8 Å². The Morgan fingerprint density at radius 3 is 2.56 bits per heavy atom. The van der Waals surface area contributed by atoms with E-state index in [-0.39, 0.29) is 19.7 Å². The van der Waals surface area contributed by atoms with Crippen molar-refractivity contribution in [3.8, 4) is 5.75 Å². The molecule has 0 bridgehead atoms.